The van der Waals surface area contributed by atoms with Crippen molar-refractivity contribution in [3.8, 4) is 11.1 Å². The highest BCUT2D eigenvalue weighted by Gasteiger charge is 2.26. The van der Waals surface area contributed by atoms with E-state index < -0.39 is 11.4 Å². The van der Waals surface area contributed by atoms with Gasteiger partial charge in [0.1, 0.15) is 21.8 Å². The van der Waals surface area contributed by atoms with Gasteiger partial charge in [-0.25, -0.2) is 4.98 Å². The zero-order valence-electron chi connectivity index (χ0n) is 14.4. The first-order chi connectivity index (χ1) is 11.3. The van der Waals surface area contributed by atoms with E-state index in [1.807, 2.05) is 56.5 Å². The SMILES string of the molecule is C/C(=N\[S@@+]([O-])C(C)(C)C)c1cccc(-c2ccc3nccn3c2)c1. The van der Waals surface area contributed by atoms with Crippen molar-refractivity contribution in [1.82, 2.24) is 9.38 Å². The minimum Gasteiger partial charge on any atom is -0.591 e. The Morgan fingerprint density at radius 1 is 1.17 bits per heavy atom. The van der Waals surface area contributed by atoms with E-state index in [0.717, 1.165) is 28.0 Å². The molecule has 1 atom stereocenters. The molecule has 0 fully saturated rings. The van der Waals surface area contributed by atoms with Gasteiger partial charge in [-0.1, -0.05) is 22.6 Å². The number of hydrogen-bond acceptors (Lipinski definition) is 3. The van der Waals surface area contributed by atoms with Gasteiger partial charge >= 0.3 is 0 Å². The minimum absolute atomic E-state index is 0.356. The van der Waals surface area contributed by atoms with E-state index in [1.165, 1.54) is 0 Å². The highest BCUT2D eigenvalue weighted by Crippen LogP contribution is 2.23. The molecule has 124 valence electrons. The van der Waals surface area contributed by atoms with E-state index in [-0.39, 0.29) is 4.75 Å². The Kier molecular flexibility index (Phi) is 4.47. The molecule has 5 heteroatoms. The van der Waals surface area contributed by atoms with Crippen molar-refractivity contribution in [3.63, 3.8) is 0 Å². The average molecular weight is 339 g/mol. The van der Waals surface area contributed by atoms with Crippen molar-refractivity contribution in [1.29, 1.82) is 0 Å². The van der Waals surface area contributed by atoms with Gasteiger partial charge in [0, 0.05) is 24.2 Å². The Balaban J connectivity index is 1.95. The Bertz CT molecular complexity index is 893. The van der Waals surface area contributed by atoms with Crippen LogP contribution in [-0.2, 0) is 11.4 Å². The summed E-state index contributed by atoms with van der Waals surface area (Å²) in [5.41, 5.74) is 4.89. The summed E-state index contributed by atoms with van der Waals surface area (Å²) in [6, 6.07) is 12.2. The molecular weight excluding hydrogens is 318 g/mol. The molecule has 2 heterocycles. The molecule has 3 rings (SSSR count). The number of nitrogens with zero attached hydrogens (tertiary/aromatic N) is 3. The number of pyridine rings is 1. The molecule has 0 spiro atoms. The van der Waals surface area contributed by atoms with Gasteiger partial charge in [0.05, 0.1) is 5.71 Å². The van der Waals surface area contributed by atoms with E-state index in [9.17, 15) is 4.55 Å². The summed E-state index contributed by atoms with van der Waals surface area (Å²) in [5, 5.41) is 0. The third kappa shape index (κ3) is 3.52. The third-order valence-corrected chi connectivity index (χ3v) is 5.23. The molecule has 0 radical (unpaired) electrons. The zero-order valence-corrected chi connectivity index (χ0v) is 15.2. The van der Waals surface area contributed by atoms with Crippen LogP contribution in [0.15, 0.2) is 59.4 Å². The maximum absolute atomic E-state index is 12.2. The number of fused-ring (bicyclic) bond motifs is 1. The molecule has 2 aromatic heterocycles. The van der Waals surface area contributed by atoms with Gasteiger partial charge in [0.15, 0.2) is 0 Å². The highest BCUT2D eigenvalue weighted by atomic mass is 32.2. The molecule has 24 heavy (non-hydrogen) atoms. The predicted octanol–water partition coefficient (Wildman–Crippen LogP) is 4.27. The van der Waals surface area contributed by atoms with Gasteiger partial charge in [-0.15, -0.1) is 0 Å². The molecule has 0 amide bonds. The summed E-state index contributed by atoms with van der Waals surface area (Å²) in [6.07, 6.45) is 5.78. The fraction of sp³-hybridized carbons (Fsp3) is 0.263. The number of benzene rings is 1. The second-order valence-corrected chi connectivity index (χ2v) is 8.64. The van der Waals surface area contributed by atoms with E-state index >= 15 is 0 Å². The number of imidazole rings is 1. The van der Waals surface area contributed by atoms with Crippen molar-refractivity contribution >= 4 is 22.7 Å². The van der Waals surface area contributed by atoms with Crippen LogP contribution in [0.4, 0.5) is 0 Å². The normalized spacial score (nSPS) is 14.1. The van der Waals surface area contributed by atoms with Gasteiger partial charge in [-0.05, 0) is 57.0 Å². The summed E-state index contributed by atoms with van der Waals surface area (Å²) >= 11 is -1.26. The molecule has 1 aromatic carbocycles. The fourth-order valence-electron chi connectivity index (χ4n) is 2.33. The Hall–Kier alpha value is -2.11. The average Bonchev–Trinajstić information content (AvgIpc) is 3.01. The molecule has 0 N–H and O–H groups in total. The predicted molar refractivity (Wildman–Crippen MR) is 101 cm³/mol. The lowest BCUT2D eigenvalue weighted by Crippen LogP contribution is -2.26. The molecular formula is C19H21N3OS. The molecule has 4 nitrogen and oxygen atoms in total. The van der Waals surface area contributed by atoms with E-state index in [1.54, 1.807) is 6.20 Å². The molecule has 0 aliphatic heterocycles. The lowest BCUT2D eigenvalue weighted by atomic mass is 10.0. The number of hydrogen-bond donors (Lipinski definition) is 0. The van der Waals surface area contributed by atoms with Crippen LogP contribution in [0.1, 0.15) is 33.3 Å². The topological polar surface area (TPSA) is 52.7 Å². The van der Waals surface area contributed by atoms with Crippen LogP contribution < -0.4 is 0 Å². The van der Waals surface area contributed by atoms with Gasteiger partial charge in [-0.2, -0.15) is 0 Å². The standard InChI is InChI=1S/C19H21N3OS/c1-14(21-24(23)19(2,3)4)15-6-5-7-16(12-15)17-8-9-18-20-10-11-22(18)13-17/h5-13H,1-4H3/b21-14+/t24-/m0/s1. The summed E-state index contributed by atoms with van der Waals surface area (Å²) in [5.74, 6) is 0. The molecule has 0 saturated heterocycles. The van der Waals surface area contributed by atoms with Crippen LogP contribution in [0, 0.1) is 0 Å². The molecule has 0 bridgehead atoms. The lowest BCUT2D eigenvalue weighted by molar-refractivity contribution is 0.561. The zero-order chi connectivity index (χ0) is 17.3. The molecule has 0 aliphatic carbocycles. The smallest absolute Gasteiger partial charge is 0.144 e. The van der Waals surface area contributed by atoms with Crippen LogP contribution in [0.3, 0.4) is 0 Å². The number of aromatic nitrogens is 2. The first kappa shape index (κ1) is 16.7. The van der Waals surface area contributed by atoms with E-state index in [2.05, 4.69) is 33.8 Å². The minimum atomic E-state index is -1.26. The second kappa shape index (κ2) is 6.42. The van der Waals surface area contributed by atoms with Crippen LogP contribution in [0.25, 0.3) is 16.8 Å². The fourth-order valence-corrected chi connectivity index (χ4v) is 2.96. The largest absolute Gasteiger partial charge is 0.591 e. The number of rotatable bonds is 3. The highest BCUT2D eigenvalue weighted by molar-refractivity contribution is 7.91. The van der Waals surface area contributed by atoms with Gasteiger partial charge < -0.3 is 8.95 Å². The van der Waals surface area contributed by atoms with Crippen molar-refractivity contribution < 1.29 is 4.55 Å². The first-order valence-corrected chi connectivity index (χ1v) is 8.96. The molecule has 0 saturated carbocycles. The summed E-state index contributed by atoms with van der Waals surface area (Å²) in [7, 11) is 0. The van der Waals surface area contributed by atoms with Crippen molar-refractivity contribution in [2.75, 3.05) is 0 Å². The van der Waals surface area contributed by atoms with Crippen molar-refractivity contribution in [2.45, 2.75) is 32.4 Å². The molecule has 3 aromatic rings. The summed E-state index contributed by atoms with van der Waals surface area (Å²) < 4.78 is 18.2. The maximum atomic E-state index is 12.2. The third-order valence-electron chi connectivity index (χ3n) is 3.75. The Morgan fingerprint density at radius 3 is 2.71 bits per heavy atom. The summed E-state index contributed by atoms with van der Waals surface area (Å²) in [6.45, 7) is 7.69. The maximum Gasteiger partial charge on any atom is 0.144 e. The van der Waals surface area contributed by atoms with E-state index in [0.29, 0.717) is 0 Å². The van der Waals surface area contributed by atoms with Crippen LogP contribution in [-0.4, -0.2) is 24.4 Å². The molecule has 0 aliphatic rings. The first-order valence-electron chi connectivity index (χ1n) is 7.85. The Labute approximate surface area is 145 Å². The summed E-state index contributed by atoms with van der Waals surface area (Å²) in [4.78, 5) is 4.26. The monoisotopic (exact) mass is 339 g/mol. The van der Waals surface area contributed by atoms with Crippen LogP contribution >= 0.6 is 0 Å². The van der Waals surface area contributed by atoms with Crippen molar-refractivity contribution in [2.24, 2.45) is 4.40 Å². The van der Waals surface area contributed by atoms with Crippen LogP contribution in [0.2, 0.25) is 0 Å². The quantitative estimate of drug-likeness (QED) is 0.528. The van der Waals surface area contributed by atoms with Gasteiger partial charge in [0.2, 0.25) is 0 Å². The van der Waals surface area contributed by atoms with E-state index in [4.69, 9.17) is 0 Å². The lowest BCUT2D eigenvalue weighted by Gasteiger charge is -2.18. The van der Waals surface area contributed by atoms with Gasteiger partial charge in [-0.3, -0.25) is 0 Å². The van der Waals surface area contributed by atoms with Crippen molar-refractivity contribution in [3.05, 3.63) is 60.6 Å². The van der Waals surface area contributed by atoms with Gasteiger partial charge in [0.25, 0.3) is 0 Å². The second-order valence-electron chi connectivity index (χ2n) is 6.73. The Morgan fingerprint density at radius 2 is 1.96 bits per heavy atom. The van der Waals surface area contributed by atoms with Crippen LogP contribution in [0.5, 0.6) is 0 Å². The molecule has 0 unspecified atom stereocenters.